The van der Waals surface area contributed by atoms with Gasteiger partial charge in [-0.15, -0.1) is 0 Å². The van der Waals surface area contributed by atoms with Gasteiger partial charge in [-0.3, -0.25) is 0 Å². The van der Waals surface area contributed by atoms with Gasteiger partial charge in [-0.05, 0) is 31.6 Å². The number of nitrogens with one attached hydrogen (secondary N) is 1. The third-order valence-electron chi connectivity index (χ3n) is 4.65. The summed E-state index contributed by atoms with van der Waals surface area (Å²) in [4.78, 5) is 22.7. The van der Waals surface area contributed by atoms with Gasteiger partial charge in [0.2, 0.25) is 5.89 Å². The van der Waals surface area contributed by atoms with Gasteiger partial charge in [-0.1, -0.05) is 5.16 Å². The van der Waals surface area contributed by atoms with Gasteiger partial charge in [0.05, 0.1) is 12.9 Å². The van der Waals surface area contributed by atoms with Crippen LogP contribution in [0.15, 0.2) is 23.2 Å². The number of carbonyl (C=O) groups is 1. The lowest BCUT2D eigenvalue weighted by Gasteiger charge is -2.32. The highest BCUT2D eigenvalue weighted by atomic mass is 16.5. The number of hydrogen-bond donors (Lipinski definition) is 1. The second-order valence-electron chi connectivity index (χ2n) is 6.69. The number of aromatic nitrogens is 4. The highest BCUT2D eigenvalue weighted by Gasteiger charge is 2.29. The van der Waals surface area contributed by atoms with E-state index in [9.17, 15) is 4.79 Å². The number of imidazole rings is 1. The van der Waals surface area contributed by atoms with E-state index in [0.29, 0.717) is 24.3 Å². The topological polar surface area (TPSA) is 89.1 Å². The summed E-state index contributed by atoms with van der Waals surface area (Å²) >= 11 is 0. The maximum atomic E-state index is 12.4. The second kappa shape index (κ2) is 6.62. The van der Waals surface area contributed by atoms with Crippen molar-refractivity contribution in [3.63, 3.8) is 0 Å². The Morgan fingerprint density at radius 2 is 2.29 bits per heavy atom. The summed E-state index contributed by atoms with van der Waals surface area (Å²) < 4.78 is 7.26. The zero-order valence-electron chi connectivity index (χ0n) is 13.6. The fourth-order valence-corrected chi connectivity index (χ4v) is 3.20. The molecule has 0 spiro atoms. The molecule has 2 aromatic rings. The minimum atomic E-state index is -0.0588. The minimum absolute atomic E-state index is 0.0588. The van der Waals surface area contributed by atoms with Gasteiger partial charge >= 0.3 is 6.03 Å². The van der Waals surface area contributed by atoms with E-state index in [1.807, 2.05) is 17.4 Å². The average molecular weight is 330 g/mol. The van der Waals surface area contributed by atoms with Crippen LogP contribution in [-0.4, -0.2) is 43.7 Å². The highest BCUT2D eigenvalue weighted by molar-refractivity contribution is 5.74. The van der Waals surface area contributed by atoms with Crippen LogP contribution in [0, 0.1) is 5.92 Å². The van der Waals surface area contributed by atoms with E-state index in [1.165, 1.54) is 0 Å². The Morgan fingerprint density at radius 3 is 3.08 bits per heavy atom. The van der Waals surface area contributed by atoms with Crippen molar-refractivity contribution in [3.8, 4) is 0 Å². The van der Waals surface area contributed by atoms with Crippen molar-refractivity contribution in [2.45, 2.75) is 44.7 Å². The molecule has 1 aliphatic carbocycles. The normalized spacial score (nSPS) is 21.0. The molecule has 0 aromatic carbocycles. The largest absolute Gasteiger partial charge is 0.337 e. The molecule has 8 heteroatoms. The van der Waals surface area contributed by atoms with E-state index in [1.54, 1.807) is 6.20 Å². The smallest absolute Gasteiger partial charge is 0.317 e. The van der Waals surface area contributed by atoms with Crippen molar-refractivity contribution in [1.29, 1.82) is 0 Å². The van der Waals surface area contributed by atoms with Gasteiger partial charge < -0.3 is 19.3 Å². The molecule has 1 saturated carbocycles. The van der Waals surface area contributed by atoms with Crippen molar-refractivity contribution in [2.24, 2.45) is 5.92 Å². The summed E-state index contributed by atoms with van der Waals surface area (Å²) in [6, 6.07) is -0.0588. The monoisotopic (exact) mass is 330 g/mol. The molecule has 0 bridgehead atoms. The number of carbonyl (C=O) groups excluding carboxylic acids is 1. The molecule has 0 radical (unpaired) electrons. The molecule has 1 atom stereocenters. The predicted molar refractivity (Wildman–Crippen MR) is 85.0 cm³/mol. The van der Waals surface area contributed by atoms with Crippen LogP contribution in [-0.2, 0) is 13.1 Å². The average Bonchev–Trinajstić information content (AvgIpc) is 3.12. The van der Waals surface area contributed by atoms with E-state index < -0.39 is 0 Å². The Bertz CT molecular complexity index is 679. The van der Waals surface area contributed by atoms with Gasteiger partial charge in [0, 0.05) is 37.9 Å². The Labute approximate surface area is 140 Å². The number of likely N-dealkylation sites (tertiary alicyclic amines) is 1. The fraction of sp³-hybridized carbons (Fsp3) is 0.625. The van der Waals surface area contributed by atoms with Gasteiger partial charge in [0.1, 0.15) is 0 Å². The van der Waals surface area contributed by atoms with Crippen LogP contribution < -0.4 is 5.32 Å². The number of hydrogen-bond acceptors (Lipinski definition) is 5. The third-order valence-corrected chi connectivity index (χ3v) is 4.65. The lowest BCUT2D eigenvalue weighted by atomic mass is 9.98. The van der Waals surface area contributed by atoms with Crippen molar-refractivity contribution in [2.75, 3.05) is 13.1 Å². The minimum Gasteiger partial charge on any atom is -0.337 e. The van der Waals surface area contributed by atoms with Crippen LogP contribution in [0.1, 0.15) is 43.3 Å². The van der Waals surface area contributed by atoms with Crippen molar-refractivity contribution in [3.05, 3.63) is 30.4 Å². The first kappa shape index (κ1) is 15.2. The zero-order chi connectivity index (χ0) is 16.4. The van der Waals surface area contributed by atoms with Crippen molar-refractivity contribution < 1.29 is 9.32 Å². The predicted octanol–water partition coefficient (Wildman–Crippen LogP) is 1.77. The molecular formula is C16H22N6O2. The van der Waals surface area contributed by atoms with E-state index >= 15 is 0 Å². The molecule has 3 heterocycles. The van der Waals surface area contributed by atoms with E-state index in [2.05, 4.69) is 25.0 Å². The van der Waals surface area contributed by atoms with Crippen molar-refractivity contribution in [1.82, 2.24) is 29.9 Å². The fourth-order valence-electron chi connectivity index (χ4n) is 3.20. The molecule has 2 fully saturated rings. The first-order chi connectivity index (χ1) is 11.8. The molecule has 2 amide bonds. The number of piperidine rings is 1. The summed E-state index contributed by atoms with van der Waals surface area (Å²) in [6.07, 6.45) is 10.0. The zero-order valence-corrected chi connectivity index (χ0v) is 13.6. The molecule has 2 aromatic heterocycles. The van der Waals surface area contributed by atoms with Gasteiger partial charge in [-0.25, -0.2) is 9.78 Å². The number of amides is 2. The SMILES string of the molecule is O=C(NCc1nc(C2CC2)no1)N1CCC[C@H](Cn2ccnc2)C1. The molecular weight excluding hydrogens is 308 g/mol. The lowest BCUT2D eigenvalue weighted by molar-refractivity contribution is 0.158. The molecule has 8 nitrogen and oxygen atoms in total. The third kappa shape index (κ3) is 3.58. The molecule has 4 rings (SSSR count). The van der Waals surface area contributed by atoms with Crippen LogP contribution in [0.2, 0.25) is 0 Å². The summed E-state index contributed by atoms with van der Waals surface area (Å²) in [6.45, 7) is 2.75. The Kier molecular flexibility index (Phi) is 4.18. The van der Waals surface area contributed by atoms with Crippen LogP contribution >= 0.6 is 0 Å². The Morgan fingerprint density at radius 1 is 1.38 bits per heavy atom. The standard InChI is InChI=1S/C16H22N6O2/c23-16(18-8-14-19-15(20-24-14)13-3-4-13)22-6-1-2-12(10-22)9-21-7-5-17-11-21/h5,7,11-13H,1-4,6,8-10H2,(H,18,23)/t12-/m1/s1. The molecule has 1 aliphatic heterocycles. The molecule has 1 saturated heterocycles. The van der Waals surface area contributed by atoms with E-state index in [4.69, 9.17) is 4.52 Å². The molecule has 24 heavy (non-hydrogen) atoms. The quantitative estimate of drug-likeness (QED) is 0.902. The summed E-state index contributed by atoms with van der Waals surface area (Å²) in [5, 5.41) is 6.86. The second-order valence-corrected chi connectivity index (χ2v) is 6.69. The molecule has 128 valence electrons. The molecule has 2 aliphatic rings. The van der Waals surface area contributed by atoms with E-state index in [-0.39, 0.29) is 6.03 Å². The first-order valence-electron chi connectivity index (χ1n) is 8.59. The number of rotatable bonds is 5. The van der Waals surface area contributed by atoms with Crippen LogP contribution in [0.4, 0.5) is 4.79 Å². The Balaban J connectivity index is 1.27. The number of nitrogens with zero attached hydrogens (tertiary/aromatic N) is 5. The summed E-state index contributed by atoms with van der Waals surface area (Å²) in [5.74, 6) is 2.18. The van der Waals surface area contributed by atoms with Crippen LogP contribution in [0.25, 0.3) is 0 Å². The molecule has 1 N–H and O–H groups in total. The van der Waals surface area contributed by atoms with Gasteiger partial charge in [0.15, 0.2) is 5.82 Å². The van der Waals surface area contributed by atoms with Gasteiger partial charge in [-0.2, -0.15) is 4.98 Å². The summed E-state index contributed by atoms with van der Waals surface area (Å²) in [5.41, 5.74) is 0. The van der Waals surface area contributed by atoms with Crippen LogP contribution in [0.5, 0.6) is 0 Å². The maximum Gasteiger partial charge on any atom is 0.317 e. The lowest BCUT2D eigenvalue weighted by Crippen LogP contribution is -2.46. The van der Waals surface area contributed by atoms with Gasteiger partial charge in [0.25, 0.3) is 0 Å². The first-order valence-corrected chi connectivity index (χ1v) is 8.59. The van der Waals surface area contributed by atoms with Crippen LogP contribution in [0.3, 0.4) is 0 Å². The van der Waals surface area contributed by atoms with E-state index in [0.717, 1.165) is 51.1 Å². The highest BCUT2D eigenvalue weighted by Crippen LogP contribution is 2.38. The van der Waals surface area contributed by atoms with Crippen molar-refractivity contribution >= 4 is 6.03 Å². The Hall–Kier alpha value is -2.38. The number of urea groups is 1. The maximum absolute atomic E-state index is 12.4. The molecule has 0 unspecified atom stereocenters. The summed E-state index contributed by atoms with van der Waals surface area (Å²) in [7, 11) is 0.